The van der Waals surface area contributed by atoms with E-state index in [0.29, 0.717) is 27.8 Å². The monoisotopic (exact) mass is 515 g/mol. The lowest BCUT2D eigenvalue weighted by Gasteiger charge is -2.26. The fraction of sp³-hybridized carbons (Fsp3) is 0.400. The predicted molar refractivity (Wildman–Crippen MR) is 135 cm³/mol. The lowest BCUT2D eigenvalue weighted by molar-refractivity contribution is -0.137. The zero-order valence-corrected chi connectivity index (χ0v) is 21.1. The molecule has 1 aliphatic carbocycles. The molecule has 0 saturated heterocycles. The summed E-state index contributed by atoms with van der Waals surface area (Å²) in [6.45, 7) is 1.60. The first-order valence-electron chi connectivity index (χ1n) is 11.6. The van der Waals surface area contributed by atoms with Crippen molar-refractivity contribution in [1.29, 1.82) is 0 Å². The molecule has 1 amide bonds. The van der Waals surface area contributed by atoms with E-state index in [-0.39, 0.29) is 42.7 Å². The van der Waals surface area contributed by atoms with E-state index in [9.17, 15) is 23.1 Å². The van der Waals surface area contributed by atoms with Crippen LogP contribution in [-0.4, -0.2) is 61.4 Å². The fourth-order valence-corrected chi connectivity index (χ4v) is 5.04. The molecule has 1 aliphatic rings. The summed E-state index contributed by atoms with van der Waals surface area (Å²) in [5.74, 6) is -0.950. The van der Waals surface area contributed by atoms with Gasteiger partial charge in [-0.3, -0.25) is 13.9 Å². The largest absolute Gasteiger partial charge is 0.481 e. The van der Waals surface area contributed by atoms with Crippen LogP contribution >= 0.6 is 0 Å². The number of furan rings is 1. The molecule has 1 atom stereocenters. The molecule has 4 rings (SSSR count). The number of aliphatic hydroxyl groups excluding tert-OH is 1. The maximum absolute atomic E-state index is 12.9. The molecule has 1 unspecified atom stereocenters. The number of carbonyl (C=O) groups excluding carboxylic acids is 1. The number of hydrogen-bond acceptors (Lipinski definition) is 7. The van der Waals surface area contributed by atoms with Crippen LogP contribution in [0.3, 0.4) is 0 Å². The third-order valence-electron chi connectivity index (χ3n) is 6.18. The average molecular weight is 516 g/mol. The minimum absolute atomic E-state index is 0.0487. The van der Waals surface area contributed by atoms with Crippen molar-refractivity contribution in [3.63, 3.8) is 0 Å². The number of benzene rings is 1. The maximum atomic E-state index is 12.9. The predicted octanol–water partition coefficient (Wildman–Crippen LogP) is 3.03. The lowest BCUT2D eigenvalue weighted by atomic mass is 10.0. The van der Waals surface area contributed by atoms with Crippen molar-refractivity contribution in [1.82, 2.24) is 10.3 Å². The number of aliphatic hydroxyl groups is 1. The highest BCUT2D eigenvalue weighted by atomic mass is 32.2. The summed E-state index contributed by atoms with van der Waals surface area (Å²) >= 11 is 0. The van der Waals surface area contributed by atoms with Gasteiger partial charge in [-0.05, 0) is 43.7 Å². The van der Waals surface area contributed by atoms with Crippen LogP contribution < -0.4 is 9.62 Å². The molecular weight excluding hydrogens is 486 g/mol. The van der Waals surface area contributed by atoms with Gasteiger partial charge >= 0.3 is 5.97 Å². The van der Waals surface area contributed by atoms with Crippen molar-refractivity contribution < 1.29 is 32.6 Å². The zero-order chi connectivity index (χ0) is 26.2. The number of nitrogens with one attached hydrogen (secondary N) is 1. The molecular formula is C25H29N3O7S. The summed E-state index contributed by atoms with van der Waals surface area (Å²) in [4.78, 5) is 28.4. The number of hydrogen-bond donors (Lipinski definition) is 3. The van der Waals surface area contributed by atoms with Crippen molar-refractivity contribution >= 4 is 38.8 Å². The molecule has 36 heavy (non-hydrogen) atoms. The number of aliphatic carboxylic acids is 1. The molecule has 2 aromatic heterocycles. The third kappa shape index (κ3) is 5.36. The van der Waals surface area contributed by atoms with Gasteiger partial charge in [-0.2, -0.15) is 4.98 Å². The molecule has 0 radical (unpaired) electrons. The smallest absolute Gasteiger partial charge is 0.303 e. The summed E-state index contributed by atoms with van der Waals surface area (Å²) in [7, 11) is -2.37. The summed E-state index contributed by atoms with van der Waals surface area (Å²) in [5, 5.41) is 22.4. The van der Waals surface area contributed by atoms with E-state index in [1.807, 2.05) is 31.2 Å². The van der Waals surface area contributed by atoms with Crippen LogP contribution in [0.2, 0.25) is 0 Å². The molecule has 2 heterocycles. The Hall–Kier alpha value is -3.44. The van der Waals surface area contributed by atoms with E-state index in [1.165, 1.54) is 7.05 Å². The van der Waals surface area contributed by atoms with E-state index in [1.54, 1.807) is 6.07 Å². The van der Waals surface area contributed by atoms with Gasteiger partial charge in [-0.15, -0.1) is 0 Å². The number of aromatic nitrogens is 1. The topological polar surface area (TPSA) is 150 Å². The molecule has 0 aliphatic heterocycles. The highest BCUT2D eigenvalue weighted by Crippen LogP contribution is 2.46. The van der Waals surface area contributed by atoms with E-state index in [2.05, 4.69) is 10.3 Å². The summed E-state index contributed by atoms with van der Waals surface area (Å²) < 4.78 is 32.6. The first kappa shape index (κ1) is 25.6. The van der Waals surface area contributed by atoms with Gasteiger partial charge < -0.3 is 19.9 Å². The molecule has 11 heteroatoms. The van der Waals surface area contributed by atoms with E-state index in [4.69, 9.17) is 9.52 Å². The number of sulfonamides is 1. The van der Waals surface area contributed by atoms with Crippen molar-refractivity contribution in [2.24, 2.45) is 0 Å². The Morgan fingerprint density at radius 1 is 1.25 bits per heavy atom. The third-order valence-corrected chi connectivity index (χ3v) is 7.30. The summed E-state index contributed by atoms with van der Waals surface area (Å²) in [5.41, 5.74) is 2.76. The Balaban J connectivity index is 1.88. The van der Waals surface area contributed by atoms with Crippen LogP contribution in [-0.2, 0) is 14.8 Å². The first-order chi connectivity index (χ1) is 17.0. The Labute approximate surface area is 209 Å². The fourth-order valence-electron chi connectivity index (χ4n) is 4.13. The molecule has 1 saturated carbocycles. The van der Waals surface area contributed by atoms with Crippen LogP contribution in [0.15, 0.2) is 34.7 Å². The van der Waals surface area contributed by atoms with Gasteiger partial charge in [-0.25, -0.2) is 8.42 Å². The van der Waals surface area contributed by atoms with Crippen LogP contribution in [0.1, 0.15) is 53.1 Å². The Morgan fingerprint density at radius 2 is 1.92 bits per heavy atom. The van der Waals surface area contributed by atoms with E-state index in [0.717, 1.165) is 29.0 Å². The van der Waals surface area contributed by atoms with Crippen LogP contribution in [0.5, 0.6) is 0 Å². The minimum atomic E-state index is -3.89. The second-order valence-electron chi connectivity index (χ2n) is 9.16. The summed E-state index contributed by atoms with van der Waals surface area (Å²) in [6.07, 6.45) is 1.06. The average Bonchev–Trinajstić information content (AvgIpc) is 3.60. The number of amides is 1. The quantitative estimate of drug-likeness (QED) is 0.373. The zero-order valence-electron chi connectivity index (χ0n) is 20.3. The number of nitrogens with zero attached hydrogens (tertiary/aromatic N) is 2. The molecule has 0 bridgehead atoms. The molecule has 192 valence electrons. The highest BCUT2D eigenvalue weighted by molar-refractivity contribution is 7.92. The number of pyridine rings is 1. The molecule has 3 aromatic rings. The first-order valence-corrected chi connectivity index (χ1v) is 13.5. The lowest BCUT2D eigenvalue weighted by Crippen LogP contribution is -2.38. The van der Waals surface area contributed by atoms with Gasteiger partial charge in [-0.1, -0.05) is 29.8 Å². The molecule has 10 nitrogen and oxygen atoms in total. The molecule has 1 fully saturated rings. The number of carbonyl (C=O) groups is 2. The second kappa shape index (κ2) is 9.90. The minimum Gasteiger partial charge on any atom is -0.481 e. The van der Waals surface area contributed by atoms with Crippen LogP contribution in [0, 0.1) is 6.92 Å². The number of carboxylic acids is 1. The van der Waals surface area contributed by atoms with Crippen molar-refractivity contribution in [2.45, 2.75) is 44.6 Å². The van der Waals surface area contributed by atoms with Crippen molar-refractivity contribution in [2.75, 3.05) is 24.2 Å². The SMILES string of the molecule is CNC(=O)c1c(-c2ccc(C)cc2)oc2nc(N(CC(O)CCC(=O)O)S(C)(=O)=O)c(C3CC3)cc12. The normalized spacial score (nSPS) is 14.6. The number of anilines is 1. The van der Waals surface area contributed by atoms with Gasteiger partial charge in [0.05, 0.1) is 29.9 Å². The number of carboxylic acid groups (broad SMARTS) is 1. The van der Waals surface area contributed by atoms with Crippen LogP contribution in [0.4, 0.5) is 5.82 Å². The highest BCUT2D eigenvalue weighted by Gasteiger charge is 2.35. The van der Waals surface area contributed by atoms with Crippen molar-refractivity contribution in [3.05, 3.63) is 47.0 Å². The van der Waals surface area contributed by atoms with Gasteiger partial charge in [0.25, 0.3) is 5.91 Å². The van der Waals surface area contributed by atoms with E-state index >= 15 is 0 Å². The van der Waals surface area contributed by atoms with Gasteiger partial charge in [0.1, 0.15) is 11.6 Å². The maximum Gasteiger partial charge on any atom is 0.303 e. The van der Waals surface area contributed by atoms with Crippen LogP contribution in [0.25, 0.3) is 22.4 Å². The van der Waals surface area contributed by atoms with Crippen molar-refractivity contribution in [3.8, 4) is 11.3 Å². The standard InChI is InChI=1S/C25H29N3O7S/c1-14-4-6-16(7-5-14)22-21(24(32)26-2)19-12-18(15-8-9-15)23(27-25(19)35-22)28(36(3,33)34)13-17(29)10-11-20(30)31/h4-7,12,15,17,29H,8-11,13H2,1-3H3,(H,26,32)(H,30,31). The molecule has 3 N–H and O–H groups in total. The Kier molecular flexibility index (Phi) is 7.05. The molecule has 1 aromatic carbocycles. The van der Waals surface area contributed by atoms with E-state index < -0.39 is 22.1 Å². The number of rotatable bonds is 10. The van der Waals surface area contributed by atoms with Gasteiger partial charge in [0, 0.05) is 19.0 Å². The number of fused-ring (bicyclic) bond motifs is 1. The Bertz CT molecular complexity index is 1410. The molecule has 0 spiro atoms. The second-order valence-corrected chi connectivity index (χ2v) is 11.1. The van der Waals surface area contributed by atoms with Gasteiger partial charge in [0.15, 0.2) is 0 Å². The Morgan fingerprint density at radius 3 is 2.47 bits per heavy atom. The van der Waals surface area contributed by atoms with Gasteiger partial charge in [0.2, 0.25) is 15.7 Å². The summed E-state index contributed by atoms with van der Waals surface area (Å²) in [6, 6.07) is 9.22. The number of aryl methyl sites for hydroxylation is 1.